The molecule has 0 spiro atoms. The largest absolute Gasteiger partial charge is 0.353 e. The highest BCUT2D eigenvalue weighted by molar-refractivity contribution is 7.17. The molecule has 0 radical (unpaired) electrons. The lowest BCUT2D eigenvalue weighted by Crippen LogP contribution is -2.47. The van der Waals surface area contributed by atoms with Crippen molar-refractivity contribution in [2.24, 2.45) is 0 Å². The fraction of sp³-hybridized carbons (Fsp3) is 0.190. The number of hydrogen-bond acceptors (Lipinski definition) is 6. The van der Waals surface area contributed by atoms with Gasteiger partial charge in [0.1, 0.15) is 28.6 Å². The molecule has 28 heavy (non-hydrogen) atoms. The highest BCUT2D eigenvalue weighted by atomic mass is 32.1. The van der Waals surface area contributed by atoms with Gasteiger partial charge >= 0.3 is 0 Å². The van der Waals surface area contributed by atoms with Gasteiger partial charge in [-0.25, -0.2) is 19.3 Å². The Labute approximate surface area is 166 Å². The molecule has 5 rings (SSSR count). The smallest absolute Gasteiger partial charge is 0.141 e. The first kappa shape index (κ1) is 17.1. The van der Waals surface area contributed by atoms with Crippen LogP contribution in [-0.2, 0) is 0 Å². The van der Waals surface area contributed by atoms with Crippen LogP contribution in [0.1, 0.15) is 0 Å². The zero-order valence-electron chi connectivity index (χ0n) is 15.1. The normalized spacial score (nSPS) is 14.6. The van der Waals surface area contributed by atoms with E-state index >= 15 is 0 Å². The topological polar surface area (TPSA) is 45.2 Å². The summed E-state index contributed by atoms with van der Waals surface area (Å²) in [4.78, 5) is 19.1. The second-order valence-electron chi connectivity index (χ2n) is 6.70. The summed E-state index contributed by atoms with van der Waals surface area (Å²) in [6, 6.07) is 12.6. The third-order valence-electron chi connectivity index (χ3n) is 5.06. The van der Waals surface area contributed by atoms with Gasteiger partial charge in [0, 0.05) is 43.3 Å². The lowest BCUT2D eigenvalue weighted by molar-refractivity contribution is 0.628. The van der Waals surface area contributed by atoms with Crippen molar-refractivity contribution < 1.29 is 4.39 Å². The number of piperazine rings is 1. The molecule has 140 valence electrons. The van der Waals surface area contributed by atoms with Crippen molar-refractivity contribution >= 4 is 33.2 Å². The van der Waals surface area contributed by atoms with Gasteiger partial charge in [-0.15, -0.1) is 11.3 Å². The summed E-state index contributed by atoms with van der Waals surface area (Å²) in [5.41, 5.74) is 2.04. The number of nitrogens with zero attached hydrogens (tertiary/aromatic N) is 5. The third kappa shape index (κ3) is 3.07. The lowest BCUT2D eigenvalue weighted by atomic mass is 10.1. The molecule has 0 saturated carbocycles. The third-order valence-corrected chi connectivity index (χ3v) is 5.94. The number of hydrogen-bond donors (Lipinski definition) is 0. The molecule has 1 saturated heterocycles. The molecule has 3 aromatic heterocycles. The van der Waals surface area contributed by atoms with E-state index in [9.17, 15) is 4.39 Å². The van der Waals surface area contributed by atoms with E-state index < -0.39 is 0 Å². The minimum Gasteiger partial charge on any atom is -0.353 e. The highest BCUT2D eigenvalue weighted by Crippen LogP contribution is 2.38. The molecular formula is C21H18FN5S. The van der Waals surface area contributed by atoms with Crippen molar-refractivity contribution in [1.29, 1.82) is 0 Å². The molecule has 0 bridgehead atoms. The second-order valence-corrected chi connectivity index (χ2v) is 7.55. The van der Waals surface area contributed by atoms with Gasteiger partial charge in [-0.3, -0.25) is 0 Å². The number of anilines is 2. The molecule has 1 fully saturated rings. The molecule has 4 heterocycles. The number of benzene rings is 1. The van der Waals surface area contributed by atoms with Crippen molar-refractivity contribution in [3.63, 3.8) is 0 Å². The molecule has 1 aromatic carbocycles. The summed E-state index contributed by atoms with van der Waals surface area (Å²) in [6.07, 6.45) is 3.46. The van der Waals surface area contributed by atoms with E-state index in [1.54, 1.807) is 17.7 Å². The number of fused-ring (bicyclic) bond motifs is 1. The van der Waals surface area contributed by atoms with Gasteiger partial charge in [0.15, 0.2) is 0 Å². The minimum absolute atomic E-state index is 0.231. The molecule has 1 aliphatic heterocycles. The van der Waals surface area contributed by atoms with E-state index in [2.05, 4.69) is 30.1 Å². The van der Waals surface area contributed by atoms with Crippen molar-refractivity contribution in [3.05, 3.63) is 66.2 Å². The van der Waals surface area contributed by atoms with E-state index in [0.29, 0.717) is 0 Å². The Kier molecular flexibility index (Phi) is 4.37. The van der Waals surface area contributed by atoms with Crippen LogP contribution < -0.4 is 9.80 Å². The van der Waals surface area contributed by atoms with Gasteiger partial charge in [0.05, 0.1) is 5.39 Å². The maximum Gasteiger partial charge on any atom is 0.141 e. The average Bonchev–Trinajstić information content (AvgIpc) is 3.19. The van der Waals surface area contributed by atoms with Gasteiger partial charge in [-0.2, -0.15) is 0 Å². The number of pyridine rings is 1. The standard InChI is InChI=1S/C21H18FN5S/c22-16-6-4-15(5-7-16)17-13-28-21-19(17)20(24-14-25-21)27-11-9-26(10-12-27)18-3-1-2-8-23-18/h1-8,13-14H,9-12H2. The fourth-order valence-corrected chi connectivity index (χ4v) is 4.54. The summed E-state index contributed by atoms with van der Waals surface area (Å²) in [5.74, 6) is 1.73. The maximum absolute atomic E-state index is 13.3. The van der Waals surface area contributed by atoms with Crippen molar-refractivity contribution in [1.82, 2.24) is 15.0 Å². The summed E-state index contributed by atoms with van der Waals surface area (Å²) in [6.45, 7) is 3.50. The predicted octanol–water partition coefficient (Wildman–Crippen LogP) is 4.22. The van der Waals surface area contributed by atoms with Crippen LogP contribution in [0.5, 0.6) is 0 Å². The predicted molar refractivity (Wildman–Crippen MR) is 111 cm³/mol. The first-order chi connectivity index (χ1) is 13.8. The van der Waals surface area contributed by atoms with Crippen molar-refractivity contribution in [3.8, 4) is 11.1 Å². The Morgan fingerprint density at radius 3 is 2.39 bits per heavy atom. The first-order valence-electron chi connectivity index (χ1n) is 9.19. The van der Waals surface area contributed by atoms with Gasteiger partial charge < -0.3 is 9.80 Å². The van der Waals surface area contributed by atoms with Crippen LogP contribution in [0.15, 0.2) is 60.4 Å². The minimum atomic E-state index is -0.231. The van der Waals surface area contributed by atoms with Crippen LogP contribution in [0, 0.1) is 5.82 Å². The highest BCUT2D eigenvalue weighted by Gasteiger charge is 2.23. The summed E-state index contributed by atoms with van der Waals surface area (Å²) in [5, 5.41) is 3.13. The molecule has 5 nitrogen and oxygen atoms in total. The Morgan fingerprint density at radius 1 is 0.857 bits per heavy atom. The Balaban J connectivity index is 1.47. The second kappa shape index (κ2) is 7.16. The number of thiophene rings is 1. The number of rotatable bonds is 3. The first-order valence-corrected chi connectivity index (χ1v) is 10.1. The van der Waals surface area contributed by atoms with Gasteiger partial charge in [0.25, 0.3) is 0 Å². The summed E-state index contributed by atoms with van der Waals surface area (Å²) < 4.78 is 13.3. The summed E-state index contributed by atoms with van der Waals surface area (Å²) >= 11 is 1.60. The van der Waals surface area contributed by atoms with Crippen LogP contribution in [0.25, 0.3) is 21.3 Å². The molecule has 0 unspecified atom stereocenters. The zero-order valence-corrected chi connectivity index (χ0v) is 15.9. The van der Waals surface area contributed by atoms with Crippen LogP contribution >= 0.6 is 11.3 Å². The molecule has 0 aliphatic carbocycles. The quantitative estimate of drug-likeness (QED) is 0.523. The average molecular weight is 391 g/mol. The van der Waals surface area contributed by atoms with Gasteiger partial charge in [-0.05, 0) is 29.8 Å². The Bertz CT molecular complexity index is 1090. The zero-order chi connectivity index (χ0) is 18.9. The van der Waals surface area contributed by atoms with Crippen molar-refractivity contribution in [2.45, 2.75) is 0 Å². The fourth-order valence-electron chi connectivity index (χ4n) is 3.63. The molecule has 7 heteroatoms. The van der Waals surface area contributed by atoms with Gasteiger partial charge in [-0.1, -0.05) is 18.2 Å². The van der Waals surface area contributed by atoms with Crippen LogP contribution in [-0.4, -0.2) is 41.1 Å². The maximum atomic E-state index is 13.3. The van der Waals surface area contributed by atoms with Crippen LogP contribution in [0.3, 0.4) is 0 Å². The van der Waals surface area contributed by atoms with Crippen LogP contribution in [0.2, 0.25) is 0 Å². The van der Waals surface area contributed by atoms with E-state index in [4.69, 9.17) is 0 Å². The van der Waals surface area contributed by atoms with E-state index in [1.807, 2.05) is 36.5 Å². The Morgan fingerprint density at radius 2 is 1.64 bits per heavy atom. The molecule has 0 amide bonds. The van der Waals surface area contributed by atoms with E-state index in [0.717, 1.165) is 59.2 Å². The Hall–Kier alpha value is -3.06. The number of aromatic nitrogens is 3. The molecule has 0 N–H and O–H groups in total. The molecule has 0 atom stereocenters. The lowest BCUT2D eigenvalue weighted by Gasteiger charge is -2.36. The van der Waals surface area contributed by atoms with Gasteiger partial charge in [0.2, 0.25) is 0 Å². The van der Waals surface area contributed by atoms with Crippen molar-refractivity contribution in [2.75, 3.05) is 36.0 Å². The van der Waals surface area contributed by atoms with Crippen LogP contribution in [0.4, 0.5) is 16.0 Å². The summed E-state index contributed by atoms with van der Waals surface area (Å²) in [7, 11) is 0. The monoisotopic (exact) mass is 391 g/mol. The van der Waals surface area contributed by atoms with E-state index in [1.165, 1.54) is 12.1 Å². The SMILES string of the molecule is Fc1ccc(-c2csc3ncnc(N4CCN(c5ccccn5)CC4)c23)cc1. The molecule has 4 aromatic rings. The molecular weight excluding hydrogens is 373 g/mol. The van der Waals surface area contributed by atoms with E-state index in [-0.39, 0.29) is 5.82 Å². The number of halogens is 1. The molecule has 1 aliphatic rings.